The largest absolute Gasteiger partial charge is 0.462 e. The van der Waals surface area contributed by atoms with Crippen molar-refractivity contribution < 1.29 is 28.6 Å². The lowest BCUT2D eigenvalue weighted by Gasteiger charge is -2.18. The third-order valence-electron chi connectivity index (χ3n) is 14.2. The Morgan fingerprint density at radius 1 is 0.270 bits per heavy atom. The van der Waals surface area contributed by atoms with Gasteiger partial charge in [0.15, 0.2) is 6.10 Å². The summed E-state index contributed by atoms with van der Waals surface area (Å²) in [4.78, 5) is 38.3. The van der Waals surface area contributed by atoms with Gasteiger partial charge >= 0.3 is 17.9 Å². The Labute approximate surface area is 460 Å². The van der Waals surface area contributed by atoms with Crippen molar-refractivity contribution in [2.75, 3.05) is 13.2 Å². The fourth-order valence-corrected chi connectivity index (χ4v) is 9.36. The van der Waals surface area contributed by atoms with E-state index in [1.165, 1.54) is 212 Å². The molecule has 430 valence electrons. The van der Waals surface area contributed by atoms with Gasteiger partial charge < -0.3 is 14.2 Å². The van der Waals surface area contributed by atoms with Crippen molar-refractivity contribution in [2.45, 2.75) is 341 Å². The fraction of sp³-hybridized carbons (Fsp3) is 0.809. The fourth-order valence-electron chi connectivity index (χ4n) is 9.36. The van der Waals surface area contributed by atoms with Crippen LogP contribution in [0.4, 0.5) is 0 Å². The highest BCUT2D eigenvalue weighted by molar-refractivity contribution is 5.71. The number of carbonyl (C=O) groups excluding carboxylic acids is 3. The van der Waals surface area contributed by atoms with Crippen LogP contribution in [0.15, 0.2) is 60.8 Å². The molecule has 0 fully saturated rings. The van der Waals surface area contributed by atoms with Crippen LogP contribution in [0.1, 0.15) is 335 Å². The maximum atomic E-state index is 12.9. The molecular weight excluding hydrogens is 913 g/mol. The van der Waals surface area contributed by atoms with E-state index in [1.54, 1.807) is 0 Å². The summed E-state index contributed by atoms with van der Waals surface area (Å²) in [5.41, 5.74) is 0. The van der Waals surface area contributed by atoms with Crippen LogP contribution in [0.25, 0.3) is 0 Å². The molecule has 0 aromatic heterocycles. The minimum atomic E-state index is -0.789. The summed E-state index contributed by atoms with van der Waals surface area (Å²) in [5, 5.41) is 0. The van der Waals surface area contributed by atoms with Crippen LogP contribution >= 0.6 is 0 Å². The molecule has 6 nitrogen and oxygen atoms in total. The Balaban J connectivity index is 4.41. The molecule has 0 aliphatic heterocycles. The van der Waals surface area contributed by atoms with Crippen molar-refractivity contribution in [1.29, 1.82) is 0 Å². The average Bonchev–Trinajstić information content (AvgIpc) is 3.40. The monoisotopic (exact) mass is 1030 g/mol. The van der Waals surface area contributed by atoms with E-state index < -0.39 is 6.10 Å². The van der Waals surface area contributed by atoms with E-state index in [0.717, 1.165) is 83.5 Å². The van der Waals surface area contributed by atoms with E-state index in [-0.39, 0.29) is 31.1 Å². The Morgan fingerprint density at radius 3 is 0.811 bits per heavy atom. The molecule has 0 amide bonds. The topological polar surface area (TPSA) is 78.9 Å². The van der Waals surface area contributed by atoms with Gasteiger partial charge in [0.2, 0.25) is 0 Å². The Kier molecular flexibility index (Phi) is 60.2. The van der Waals surface area contributed by atoms with Gasteiger partial charge in [-0.15, -0.1) is 0 Å². The van der Waals surface area contributed by atoms with Crippen LogP contribution < -0.4 is 0 Å². The summed E-state index contributed by atoms with van der Waals surface area (Å²) in [5.74, 6) is -0.900. The van der Waals surface area contributed by atoms with Crippen molar-refractivity contribution in [2.24, 2.45) is 0 Å². The van der Waals surface area contributed by atoms with Gasteiger partial charge in [-0.2, -0.15) is 0 Å². The number of allylic oxidation sites excluding steroid dienone is 10. The first-order valence-electron chi connectivity index (χ1n) is 32.3. The first-order chi connectivity index (χ1) is 36.5. The molecule has 0 aromatic carbocycles. The molecule has 1 atom stereocenters. The minimum Gasteiger partial charge on any atom is -0.462 e. The standard InChI is InChI=1S/C68H122O6/c1-4-7-10-13-16-19-22-25-28-31-34-37-40-43-46-49-52-55-58-61-67(70)73-64-65(63-72-66(69)60-57-54-51-48-45-42-39-36-33-30-27-24-21-18-15-12-9-6-3)74-68(71)62-59-56-53-50-47-44-41-38-35-32-29-26-23-20-17-14-11-8-5-2/h16,19,25,28,32,34-35,37,43,46,65H,4-15,17-18,20-24,26-27,29-31,33,36,38-42,44-45,47-64H2,1-3H3/b19-16-,28-25-,35-32-,37-34-,46-43-/t65-/m1/s1. The van der Waals surface area contributed by atoms with Crippen molar-refractivity contribution in [1.82, 2.24) is 0 Å². The van der Waals surface area contributed by atoms with Gasteiger partial charge in [0.05, 0.1) is 0 Å². The predicted octanol–water partition coefficient (Wildman–Crippen LogP) is 21.9. The maximum Gasteiger partial charge on any atom is 0.306 e. The zero-order valence-corrected chi connectivity index (χ0v) is 49.4. The number of rotatable bonds is 59. The first kappa shape index (κ1) is 71.1. The molecule has 0 saturated carbocycles. The highest BCUT2D eigenvalue weighted by atomic mass is 16.6. The van der Waals surface area contributed by atoms with Gasteiger partial charge in [-0.05, 0) is 89.9 Å². The number of hydrogen-bond acceptors (Lipinski definition) is 6. The van der Waals surface area contributed by atoms with E-state index >= 15 is 0 Å². The Hall–Kier alpha value is -2.89. The number of carbonyl (C=O) groups is 3. The van der Waals surface area contributed by atoms with Crippen LogP contribution in [0.3, 0.4) is 0 Å². The highest BCUT2D eigenvalue weighted by Crippen LogP contribution is 2.17. The quantitative estimate of drug-likeness (QED) is 0.0261. The highest BCUT2D eigenvalue weighted by Gasteiger charge is 2.19. The van der Waals surface area contributed by atoms with Crippen LogP contribution in [-0.2, 0) is 28.6 Å². The number of hydrogen-bond donors (Lipinski definition) is 0. The van der Waals surface area contributed by atoms with Gasteiger partial charge in [-0.1, -0.05) is 287 Å². The second kappa shape index (κ2) is 62.6. The molecule has 0 N–H and O–H groups in total. The lowest BCUT2D eigenvalue weighted by Crippen LogP contribution is -2.30. The summed E-state index contributed by atoms with van der Waals surface area (Å²) in [6, 6.07) is 0. The molecule has 0 radical (unpaired) electrons. The summed E-state index contributed by atoms with van der Waals surface area (Å²) in [6.45, 7) is 6.63. The van der Waals surface area contributed by atoms with Crippen molar-refractivity contribution >= 4 is 17.9 Å². The van der Waals surface area contributed by atoms with Gasteiger partial charge in [0.25, 0.3) is 0 Å². The summed E-state index contributed by atoms with van der Waals surface area (Å²) in [6.07, 6.45) is 79.3. The van der Waals surface area contributed by atoms with Gasteiger partial charge in [-0.25, -0.2) is 0 Å². The maximum absolute atomic E-state index is 12.9. The van der Waals surface area contributed by atoms with Crippen LogP contribution in [0.2, 0.25) is 0 Å². The van der Waals surface area contributed by atoms with Gasteiger partial charge in [0, 0.05) is 19.3 Å². The molecule has 0 aromatic rings. The predicted molar refractivity (Wildman–Crippen MR) is 321 cm³/mol. The molecule has 0 unspecified atom stereocenters. The molecule has 0 bridgehead atoms. The Bertz CT molecular complexity index is 1330. The second-order valence-electron chi connectivity index (χ2n) is 21.7. The summed E-state index contributed by atoms with van der Waals surface area (Å²) >= 11 is 0. The normalized spacial score (nSPS) is 12.4. The second-order valence-corrected chi connectivity index (χ2v) is 21.7. The minimum absolute atomic E-state index is 0.0830. The third kappa shape index (κ3) is 60.0. The van der Waals surface area contributed by atoms with Crippen LogP contribution in [0, 0.1) is 0 Å². The molecule has 0 heterocycles. The van der Waals surface area contributed by atoms with Gasteiger partial charge in [0.1, 0.15) is 13.2 Å². The van der Waals surface area contributed by atoms with E-state index in [0.29, 0.717) is 19.3 Å². The van der Waals surface area contributed by atoms with Gasteiger partial charge in [-0.3, -0.25) is 14.4 Å². The first-order valence-corrected chi connectivity index (χ1v) is 32.3. The SMILES string of the molecule is CCCCC/C=C\C/C=C\C/C=C\C/C=C\CCCCCC(=O)OC[C@@H](COC(=O)CCCCCCCCCCCCCCCCCCCC)OC(=O)CCCCCCCCC/C=C\CCCCCCCCCC. The molecule has 0 aliphatic carbocycles. The van der Waals surface area contributed by atoms with E-state index in [9.17, 15) is 14.4 Å². The molecule has 6 heteroatoms. The number of ether oxygens (including phenoxy) is 3. The zero-order chi connectivity index (χ0) is 53.6. The summed E-state index contributed by atoms with van der Waals surface area (Å²) in [7, 11) is 0. The lowest BCUT2D eigenvalue weighted by atomic mass is 10.0. The number of unbranched alkanes of at least 4 members (excludes halogenated alkanes) is 38. The van der Waals surface area contributed by atoms with Crippen LogP contribution in [-0.4, -0.2) is 37.2 Å². The van der Waals surface area contributed by atoms with Crippen molar-refractivity contribution in [3.05, 3.63) is 60.8 Å². The zero-order valence-electron chi connectivity index (χ0n) is 49.4. The summed E-state index contributed by atoms with van der Waals surface area (Å²) < 4.78 is 16.9. The van der Waals surface area contributed by atoms with Crippen LogP contribution in [0.5, 0.6) is 0 Å². The van der Waals surface area contributed by atoms with E-state index in [2.05, 4.69) is 81.5 Å². The molecular formula is C68H122O6. The molecule has 0 rings (SSSR count). The number of esters is 3. The van der Waals surface area contributed by atoms with E-state index in [4.69, 9.17) is 14.2 Å². The molecule has 74 heavy (non-hydrogen) atoms. The van der Waals surface area contributed by atoms with E-state index in [1.807, 2.05) is 0 Å². The van der Waals surface area contributed by atoms with Crippen molar-refractivity contribution in [3.63, 3.8) is 0 Å². The average molecular weight is 1040 g/mol. The van der Waals surface area contributed by atoms with Crippen molar-refractivity contribution in [3.8, 4) is 0 Å². The molecule has 0 saturated heterocycles. The lowest BCUT2D eigenvalue weighted by molar-refractivity contribution is -0.167. The Morgan fingerprint density at radius 2 is 0.486 bits per heavy atom. The molecule has 0 aliphatic rings. The molecule has 0 spiro atoms. The smallest absolute Gasteiger partial charge is 0.306 e. The third-order valence-corrected chi connectivity index (χ3v) is 14.2.